The quantitative estimate of drug-likeness (QED) is 0.195. The first-order valence-electron chi connectivity index (χ1n) is 10.5. The van der Waals surface area contributed by atoms with Crippen LogP contribution < -0.4 is 21.9 Å². The van der Waals surface area contributed by atoms with Crippen LogP contribution in [0.25, 0.3) is 0 Å². The topological polar surface area (TPSA) is 183 Å². The van der Waals surface area contributed by atoms with Gasteiger partial charge >= 0.3 is 11.7 Å². The minimum atomic E-state index is -1.49. The summed E-state index contributed by atoms with van der Waals surface area (Å²) in [5.41, 5.74) is -1.92. The van der Waals surface area contributed by atoms with Gasteiger partial charge in [0.15, 0.2) is 0 Å². The van der Waals surface area contributed by atoms with Crippen LogP contribution in [0.1, 0.15) is 42.1 Å². The minimum absolute atomic E-state index is 0.0669. The monoisotopic (exact) mass is 470 g/mol. The molecule has 3 aliphatic heterocycles. The lowest BCUT2D eigenvalue weighted by molar-refractivity contribution is -0.0233. The van der Waals surface area contributed by atoms with Crippen LogP contribution in [-0.4, -0.2) is 84.8 Å². The molecule has 3 fully saturated rings. The van der Waals surface area contributed by atoms with E-state index in [2.05, 4.69) is 10.6 Å². The molecular weight excluding hydrogens is 444 g/mol. The second kappa shape index (κ2) is 9.35. The molecule has 0 radical (unpaired) electrons. The molecule has 1 aromatic heterocycles. The lowest BCUT2D eigenvalue weighted by Crippen LogP contribution is -2.38. The van der Waals surface area contributed by atoms with Crippen molar-refractivity contribution in [2.75, 3.05) is 12.4 Å². The highest BCUT2D eigenvalue weighted by molar-refractivity contribution is 8.00. The fourth-order valence-electron chi connectivity index (χ4n) is 4.42. The lowest BCUT2D eigenvalue weighted by Gasteiger charge is -2.16. The van der Waals surface area contributed by atoms with Gasteiger partial charge in [0.1, 0.15) is 24.4 Å². The molecule has 13 heteroatoms. The van der Waals surface area contributed by atoms with Crippen molar-refractivity contribution in [1.29, 1.82) is 0 Å². The summed E-state index contributed by atoms with van der Waals surface area (Å²) in [5, 5.41) is 35.3. The van der Waals surface area contributed by atoms with E-state index in [1.54, 1.807) is 11.8 Å². The van der Waals surface area contributed by atoms with Gasteiger partial charge in [0.25, 0.3) is 5.56 Å². The summed E-state index contributed by atoms with van der Waals surface area (Å²) in [5.74, 6) is 0.329. The van der Waals surface area contributed by atoms with Crippen molar-refractivity contribution in [3.63, 3.8) is 0 Å². The van der Waals surface area contributed by atoms with Crippen LogP contribution in [0.2, 0.25) is 0 Å². The van der Waals surface area contributed by atoms with Crippen LogP contribution in [0.15, 0.2) is 15.8 Å². The van der Waals surface area contributed by atoms with E-state index in [1.165, 1.54) is 0 Å². The zero-order valence-electron chi connectivity index (χ0n) is 17.1. The molecule has 12 nitrogen and oxygen atoms in total. The Kier molecular flexibility index (Phi) is 6.72. The second-order valence-electron chi connectivity index (χ2n) is 8.23. The van der Waals surface area contributed by atoms with E-state index in [4.69, 9.17) is 4.74 Å². The van der Waals surface area contributed by atoms with E-state index in [1.807, 2.05) is 4.98 Å². The first-order valence-corrected chi connectivity index (χ1v) is 11.5. The maximum atomic E-state index is 12.6. The van der Waals surface area contributed by atoms with Crippen molar-refractivity contribution >= 4 is 23.7 Å². The number of carbonyl (C=O) groups is 2. The van der Waals surface area contributed by atoms with E-state index in [-0.39, 0.29) is 35.3 Å². The SMILES string of the molecule is O=C1N[C@H]2[C@H](CS[C@H]2CCCCC(=O)n2cc([C@@H]3O[C@H](CO)[C@@H](O)[C@H]3O)c(=O)[nH]c2=O)N1. The first kappa shape index (κ1) is 23.0. The summed E-state index contributed by atoms with van der Waals surface area (Å²) in [6, 6.07) is 0.0702. The number of hydrogen-bond donors (Lipinski definition) is 6. The Morgan fingerprint density at radius 3 is 2.69 bits per heavy atom. The molecule has 4 heterocycles. The Balaban J connectivity index is 1.36. The predicted octanol–water partition coefficient (Wildman–Crippen LogP) is -1.94. The van der Waals surface area contributed by atoms with Crippen molar-refractivity contribution in [3.8, 4) is 0 Å². The molecule has 0 aromatic carbocycles. The van der Waals surface area contributed by atoms with Crippen molar-refractivity contribution in [3.05, 3.63) is 32.6 Å². The van der Waals surface area contributed by atoms with Crippen molar-refractivity contribution in [1.82, 2.24) is 20.2 Å². The van der Waals surface area contributed by atoms with Gasteiger partial charge in [0, 0.05) is 23.6 Å². The molecule has 7 atom stereocenters. The predicted molar refractivity (Wildman–Crippen MR) is 113 cm³/mol. The molecule has 3 aliphatic rings. The molecule has 4 rings (SSSR count). The number of nitrogens with one attached hydrogen (secondary N) is 3. The number of rotatable bonds is 7. The Bertz CT molecular complexity index is 996. The molecule has 0 saturated carbocycles. The molecule has 0 bridgehead atoms. The van der Waals surface area contributed by atoms with Gasteiger partial charge in [0.05, 0.1) is 24.3 Å². The zero-order valence-corrected chi connectivity index (χ0v) is 17.9. The Labute approximate surface area is 186 Å². The lowest BCUT2D eigenvalue weighted by atomic mass is 10.0. The Hall–Kier alpha value is -2.19. The van der Waals surface area contributed by atoms with Crippen molar-refractivity contribution in [2.45, 2.75) is 67.4 Å². The van der Waals surface area contributed by atoms with E-state index >= 15 is 0 Å². The average Bonchev–Trinajstić information content (AvgIpc) is 3.39. The third kappa shape index (κ3) is 4.35. The first-order chi connectivity index (χ1) is 15.3. The normalized spacial score (nSPS) is 33.7. The number of unbranched alkanes of at least 4 members (excludes halogenated alkanes) is 1. The van der Waals surface area contributed by atoms with Crippen LogP contribution in [0.5, 0.6) is 0 Å². The van der Waals surface area contributed by atoms with Crippen molar-refractivity contribution in [2.24, 2.45) is 0 Å². The fourth-order valence-corrected chi connectivity index (χ4v) is 5.96. The number of amides is 2. The van der Waals surface area contributed by atoms with Gasteiger partial charge in [-0.1, -0.05) is 6.42 Å². The molecule has 1 aromatic rings. The van der Waals surface area contributed by atoms with E-state index in [0.29, 0.717) is 6.42 Å². The molecule has 2 amide bonds. The molecule has 0 spiro atoms. The number of fused-ring (bicyclic) bond motifs is 1. The van der Waals surface area contributed by atoms with E-state index in [0.717, 1.165) is 29.4 Å². The summed E-state index contributed by atoms with van der Waals surface area (Å²) in [6.07, 6.45) is -2.12. The average molecular weight is 471 g/mol. The van der Waals surface area contributed by atoms with Gasteiger partial charge in [0.2, 0.25) is 5.91 Å². The van der Waals surface area contributed by atoms with Gasteiger partial charge in [-0.3, -0.25) is 14.6 Å². The molecule has 176 valence electrons. The fraction of sp³-hybridized carbons (Fsp3) is 0.684. The molecular formula is C19H26N4O8S. The number of aromatic amines is 1. The summed E-state index contributed by atoms with van der Waals surface area (Å²) >= 11 is 1.78. The minimum Gasteiger partial charge on any atom is -0.394 e. The maximum Gasteiger partial charge on any atom is 0.335 e. The van der Waals surface area contributed by atoms with Crippen LogP contribution in [0.4, 0.5) is 4.79 Å². The van der Waals surface area contributed by atoms with E-state index in [9.17, 15) is 34.5 Å². The number of urea groups is 1. The van der Waals surface area contributed by atoms with Crippen LogP contribution >= 0.6 is 11.8 Å². The van der Waals surface area contributed by atoms with Crippen LogP contribution in [0, 0.1) is 0 Å². The largest absolute Gasteiger partial charge is 0.394 e. The molecule has 3 saturated heterocycles. The highest BCUT2D eigenvalue weighted by atomic mass is 32.2. The zero-order chi connectivity index (χ0) is 23.0. The number of aliphatic hydroxyl groups excluding tert-OH is 3. The highest BCUT2D eigenvalue weighted by Crippen LogP contribution is 2.33. The third-order valence-electron chi connectivity index (χ3n) is 6.15. The molecule has 32 heavy (non-hydrogen) atoms. The Morgan fingerprint density at radius 1 is 1.19 bits per heavy atom. The summed E-state index contributed by atoms with van der Waals surface area (Å²) in [7, 11) is 0. The maximum absolute atomic E-state index is 12.6. The summed E-state index contributed by atoms with van der Waals surface area (Å²) < 4.78 is 6.11. The van der Waals surface area contributed by atoms with Crippen LogP contribution in [-0.2, 0) is 4.74 Å². The number of ether oxygens (including phenoxy) is 1. The number of nitrogens with zero attached hydrogens (tertiary/aromatic N) is 1. The molecule has 6 N–H and O–H groups in total. The van der Waals surface area contributed by atoms with Gasteiger partial charge < -0.3 is 30.7 Å². The number of aliphatic hydroxyl groups is 3. The third-order valence-corrected chi connectivity index (χ3v) is 7.66. The summed E-state index contributed by atoms with van der Waals surface area (Å²) in [4.78, 5) is 50.5. The number of carbonyl (C=O) groups excluding carboxylic acids is 2. The number of hydrogen-bond acceptors (Lipinski definition) is 9. The number of thioether (sulfide) groups is 1. The number of H-pyrrole nitrogens is 1. The summed E-state index contributed by atoms with van der Waals surface area (Å²) in [6.45, 7) is -0.564. The molecule has 0 unspecified atom stereocenters. The second-order valence-corrected chi connectivity index (χ2v) is 9.51. The number of aromatic nitrogens is 2. The Morgan fingerprint density at radius 2 is 1.97 bits per heavy atom. The van der Waals surface area contributed by atoms with Gasteiger partial charge in [-0.15, -0.1) is 0 Å². The van der Waals surface area contributed by atoms with E-state index < -0.39 is 48.2 Å². The highest BCUT2D eigenvalue weighted by Gasteiger charge is 2.44. The van der Waals surface area contributed by atoms with Crippen molar-refractivity contribution < 1.29 is 29.6 Å². The van der Waals surface area contributed by atoms with Gasteiger partial charge in [-0.25, -0.2) is 14.2 Å². The van der Waals surface area contributed by atoms with Crippen LogP contribution in [0.3, 0.4) is 0 Å². The molecule has 0 aliphatic carbocycles. The van der Waals surface area contributed by atoms with Gasteiger partial charge in [-0.05, 0) is 12.8 Å². The smallest absolute Gasteiger partial charge is 0.335 e. The van der Waals surface area contributed by atoms with Gasteiger partial charge in [-0.2, -0.15) is 11.8 Å². The standard InChI is InChI=1S/C19H26N4O8S/c24-6-10-14(26)15(27)16(31-10)8-5-23(19(30)22-17(8)28)12(25)4-2-1-3-11-13-9(7-32-11)20-18(29)21-13/h5,9-11,13-16,24,26-27H,1-4,6-7H2,(H2,20,21,29)(H,22,28,30)/t9-,10+,11-,13-,14+,15+,16-/m0/s1.